The zero-order valence-corrected chi connectivity index (χ0v) is 8.99. The quantitative estimate of drug-likeness (QED) is 0.539. The number of hydrogen-bond donors (Lipinski definition) is 0. The van der Waals surface area contributed by atoms with E-state index in [0.29, 0.717) is 10.6 Å². The average molecular weight is 153 g/mol. The van der Waals surface area contributed by atoms with Crippen LogP contribution in [0.25, 0.3) is 0 Å². The third-order valence-corrected chi connectivity index (χ3v) is 1.72. The molecule has 0 saturated heterocycles. The SMILES string of the molecule is CCCC(C)(C)[B]C(C)(C)C. The van der Waals surface area contributed by atoms with Gasteiger partial charge >= 0.3 is 0 Å². The molecule has 0 fully saturated rings. The van der Waals surface area contributed by atoms with Crippen LogP contribution in [0.2, 0.25) is 10.6 Å². The largest absolute Gasteiger partial charge is 0.124 e. The summed E-state index contributed by atoms with van der Waals surface area (Å²) in [6.07, 6.45) is 2.57. The van der Waals surface area contributed by atoms with Gasteiger partial charge in [-0.1, -0.05) is 65.0 Å². The van der Waals surface area contributed by atoms with Crippen LogP contribution in [0.4, 0.5) is 0 Å². The second-order valence-electron chi connectivity index (χ2n) is 5.25. The molecule has 0 aliphatic rings. The Hall–Kier alpha value is 0.0649. The highest BCUT2D eigenvalue weighted by atomic mass is 14.1. The second-order valence-corrected chi connectivity index (χ2v) is 5.25. The molecule has 0 aliphatic heterocycles. The topological polar surface area (TPSA) is 0 Å². The summed E-state index contributed by atoms with van der Waals surface area (Å²) in [5, 5.41) is 0.770. The van der Waals surface area contributed by atoms with Crippen LogP contribution < -0.4 is 0 Å². The van der Waals surface area contributed by atoms with Gasteiger partial charge < -0.3 is 0 Å². The predicted octanol–water partition coefficient (Wildman–Crippen LogP) is 3.91. The Balaban J connectivity index is 3.91. The molecule has 65 valence electrons. The molecule has 0 saturated carbocycles. The van der Waals surface area contributed by atoms with E-state index >= 15 is 0 Å². The van der Waals surface area contributed by atoms with Gasteiger partial charge in [0.1, 0.15) is 7.28 Å². The Morgan fingerprint density at radius 1 is 1.00 bits per heavy atom. The van der Waals surface area contributed by atoms with Crippen molar-refractivity contribution in [2.75, 3.05) is 0 Å². The first kappa shape index (κ1) is 11.1. The van der Waals surface area contributed by atoms with Gasteiger partial charge in [0.05, 0.1) is 0 Å². The minimum absolute atomic E-state index is 0.360. The Kier molecular flexibility index (Phi) is 3.67. The van der Waals surface area contributed by atoms with Crippen molar-refractivity contribution in [3.63, 3.8) is 0 Å². The first-order valence-electron chi connectivity index (χ1n) is 4.64. The summed E-state index contributed by atoms with van der Waals surface area (Å²) >= 11 is 0. The van der Waals surface area contributed by atoms with Gasteiger partial charge in [-0.05, 0) is 0 Å². The van der Waals surface area contributed by atoms with Crippen LogP contribution in [-0.4, -0.2) is 7.28 Å². The third-order valence-electron chi connectivity index (χ3n) is 1.72. The van der Waals surface area contributed by atoms with Crippen LogP contribution in [-0.2, 0) is 0 Å². The second kappa shape index (κ2) is 3.64. The van der Waals surface area contributed by atoms with Crippen molar-refractivity contribution in [2.24, 2.45) is 0 Å². The Labute approximate surface area is 73.0 Å². The lowest BCUT2D eigenvalue weighted by atomic mass is 9.40. The molecular weight excluding hydrogens is 131 g/mol. The van der Waals surface area contributed by atoms with Crippen LogP contribution in [0.15, 0.2) is 0 Å². The van der Waals surface area contributed by atoms with Gasteiger partial charge in [0.15, 0.2) is 0 Å². The molecule has 11 heavy (non-hydrogen) atoms. The summed E-state index contributed by atoms with van der Waals surface area (Å²) in [4.78, 5) is 0. The molecule has 0 N–H and O–H groups in total. The Morgan fingerprint density at radius 2 is 1.45 bits per heavy atom. The van der Waals surface area contributed by atoms with E-state index < -0.39 is 0 Å². The Morgan fingerprint density at radius 3 is 1.73 bits per heavy atom. The minimum atomic E-state index is 0.360. The van der Waals surface area contributed by atoms with Gasteiger partial charge in [0.2, 0.25) is 0 Å². The molecule has 1 radical (unpaired) electrons. The maximum absolute atomic E-state index is 2.46. The van der Waals surface area contributed by atoms with Crippen molar-refractivity contribution in [2.45, 2.75) is 65.0 Å². The molecule has 0 aromatic rings. The van der Waals surface area contributed by atoms with E-state index in [1.807, 2.05) is 0 Å². The van der Waals surface area contributed by atoms with Gasteiger partial charge in [0, 0.05) is 0 Å². The maximum Gasteiger partial charge on any atom is 0.124 e. The van der Waals surface area contributed by atoms with Crippen LogP contribution >= 0.6 is 0 Å². The van der Waals surface area contributed by atoms with Crippen LogP contribution in [0, 0.1) is 0 Å². The fourth-order valence-electron chi connectivity index (χ4n) is 1.89. The molecule has 0 nitrogen and oxygen atoms in total. The van der Waals surface area contributed by atoms with E-state index in [4.69, 9.17) is 0 Å². The molecule has 0 atom stereocenters. The number of rotatable bonds is 3. The summed E-state index contributed by atoms with van der Waals surface area (Å²) in [6.45, 7) is 13.7. The van der Waals surface area contributed by atoms with E-state index in [1.54, 1.807) is 0 Å². The predicted molar refractivity (Wildman–Crippen MR) is 54.4 cm³/mol. The van der Waals surface area contributed by atoms with E-state index in [1.165, 1.54) is 12.8 Å². The lowest BCUT2D eigenvalue weighted by molar-refractivity contribution is 0.566. The highest BCUT2D eigenvalue weighted by Crippen LogP contribution is 2.38. The van der Waals surface area contributed by atoms with Crippen molar-refractivity contribution in [1.82, 2.24) is 0 Å². The fraction of sp³-hybridized carbons (Fsp3) is 1.00. The van der Waals surface area contributed by atoms with Crippen LogP contribution in [0.5, 0.6) is 0 Å². The van der Waals surface area contributed by atoms with E-state index in [9.17, 15) is 0 Å². The highest BCUT2D eigenvalue weighted by molar-refractivity contribution is 6.43. The van der Waals surface area contributed by atoms with E-state index in [2.05, 4.69) is 48.8 Å². The molecule has 0 aliphatic carbocycles. The molecule has 0 bridgehead atoms. The standard InChI is InChI=1S/C10H22B/c1-7-8-10(5,6)11-9(2,3)4/h7-8H2,1-6H3. The smallest absolute Gasteiger partial charge is 0.0674 e. The summed E-state index contributed by atoms with van der Waals surface area (Å²) in [5.74, 6) is 0. The Bertz CT molecular complexity index is 109. The molecule has 0 rings (SSSR count). The van der Waals surface area contributed by atoms with Gasteiger partial charge in [-0.2, -0.15) is 0 Å². The van der Waals surface area contributed by atoms with Crippen LogP contribution in [0.1, 0.15) is 54.4 Å². The lowest BCUT2D eigenvalue weighted by Gasteiger charge is -2.30. The molecule has 0 spiro atoms. The van der Waals surface area contributed by atoms with Crippen molar-refractivity contribution in [1.29, 1.82) is 0 Å². The van der Waals surface area contributed by atoms with Crippen molar-refractivity contribution >= 4 is 7.28 Å². The van der Waals surface area contributed by atoms with Gasteiger partial charge in [-0.15, -0.1) is 0 Å². The summed E-state index contributed by atoms with van der Waals surface area (Å²) in [7, 11) is 2.46. The summed E-state index contributed by atoms with van der Waals surface area (Å²) < 4.78 is 0. The molecular formula is C10H22B. The molecule has 0 unspecified atom stereocenters. The first-order chi connectivity index (χ1) is 4.77. The van der Waals surface area contributed by atoms with E-state index in [-0.39, 0.29) is 0 Å². The molecule has 0 aromatic carbocycles. The molecule has 0 heterocycles. The van der Waals surface area contributed by atoms with E-state index in [0.717, 1.165) is 0 Å². The monoisotopic (exact) mass is 153 g/mol. The first-order valence-corrected chi connectivity index (χ1v) is 4.64. The van der Waals surface area contributed by atoms with Gasteiger partial charge in [-0.3, -0.25) is 0 Å². The average Bonchev–Trinajstić information content (AvgIpc) is 1.55. The van der Waals surface area contributed by atoms with Gasteiger partial charge in [0.25, 0.3) is 0 Å². The minimum Gasteiger partial charge on any atom is -0.0674 e. The summed E-state index contributed by atoms with van der Waals surface area (Å²) in [6, 6.07) is 0. The zero-order valence-electron chi connectivity index (χ0n) is 8.99. The lowest BCUT2D eigenvalue weighted by Crippen LogP contribution is -2.21. The van der Waals surface area contributed by atoms with Crippen LogP contribution in [0.3, 0.4) is 0 Å². The zero-order chi connectivity index (χ0) is 9.12. The fourth-order valence-corrected chi connectivity index (χ4v) is 1.89. The summed E-state index contributed by atoms with van der Waals surface area (Å²) in [5.41, 5.74) is 0. The molecule has 0 amide bonds. The maximum atomic E-state index is 2.46. The van der Waals surface area contributed by atoms with Crippen molar-refractivity contribution < 1.29 is 0 Å². The molecule has 1 heteroatoms. The normalized spacial score (nSPS) is 13.3. The highest BCUT2D eigenvalue weighted by Gasteiger charge is 2.25. The van der Waals surface area contributed by atoms with Crippen molar-refractivity contribution in [3.8, 4) is 0 Å². The molecule has 0 aromatic heterocycles. The van der Waals surface area contributed by atoms with Gasteiger partial charge in [-0.25, -0.2) is 0 Å². The van der Waals surface area contributed by atoms with Crippen molar-refractivity contribution in [3.05, 3.63) is 0 Å². The third kappa shape index (κ3) is 6.46. The number of hydrogen-bond acceptors (Lipinski definition) is 0.